The minimum Gasteiger partial charge on any atom is -0.444 e. The summed E-state index contributed by atoms with van der Waals surface area (Å²) >= 11 is 1.87. The summed E-state index contributed by atoms with van der Waals surface area (Å²) in [5, 5.41) is 2.80. The number of nitrogens with one attached hydrogen (secondary N) is 1. The minimum atomic E-state index is -0.472. The van der Waals surface area contributed by atoms with Gasteiger partial charge in [-0.15, -0.1) is 11.3 Å². The highest BCUT2D eigenvalue weighted by Crippen LogP contribution is 2.29. The summed E-state index contributed by atoms with van der Waals surface area (Å²) in [5.74, 6) is 0. The highest BCUT2D eigenvalue weighted by atomic mass is 32.1. The number of carbonyl (C=O) groups is 1. The summed E-state index contributed by atoms with van der Waals surface area (Å²) in [6.45, 7) is 9.59. The Morgan fingerprint density at radius 1 is 1.12 bits per heavy atom. The standard InChI is InChI=1S/C21H28N2O2S/c1-21(2,3)25-20(24)22-14-16-6-8-17(9-7-16)19-11-10-18(26-19)15-23-12-4-5-13-23/h6-11H,4-5,12-15H2,1-3H3,(H,22,24). The number of likely N-dealkylation sites (tertiary alicyclic amines) is 1. The van der Waals surface area contributed by atoms with Crippen molar-refractivity contribution in [1.29, 1.82) is 0 Å². The fourth-order valence-electron chi connectivity index (χ4n) is 3.05. The van der Waals surface area contributed by atoms with Crippen LogP contribution in [0, 0.1) is 0 Å². The van der Waals surface area contributed by atoms with E-state index in [2.05, 4.69) is 46.6 Å². The van der Waals surface area contributed by atoms with Crippen LogP contribution in [0.2, 0.25) is 0 Å². The van der Waals surface area contributed by atoms with Crippen molar-refractivity contribution in [2.75, 3.05) is 13.1 Å². The molecule has 1 fully saturated rings. The lowest BCUT2D eigenvalue weighted by molar-refractivity contribution is 0.0523. The predicted octanol–water partition coefficient (Wildman–Crippen LogP) is 5.04. The molecule has 0 aliphatic carbocycles. The van der Waals surface area contributed by atoms with Crippen LogP contribution in [0.15, 0.2) is 36.4 Å². The molecule has 0 unspecified atom stereocenters. The molecule has 2 heterocycles. The first kappa shape index (κ1) is 18.9. The van der Waals surface area contributed by atoms with Crippen molar-refractivity contribution < 1.29 is 9.53 Å². The normalized spacial score (nSPS) is 15.2. The summed E-state index contributed by atoms with van der Waals surface area (Å²) in [4.78, 5) is 17.0. The van der Waals surface area contributed by atoms with Crippen LogP contribution < -0.4 is 5.32 Å². The van der Waals surface area contributed by atoms with E-state index >= 15 is 0 Å². The van der Waals surface area contributed by atoms with E-state index in [1.807, 2.05) is 32.1 Å². The highest BCUT2D eigenvalue weighted by molar-refractivity contribution is 7.15. The molecule has 0 saturated carbocycles. The molecule has 26 heavy (non-hydrogen) atoms. The lowest BCUT2D eigenvalue weighted by Crippen LogP contribution is -2.32. The van der Waals surface area contributed by atoms with Gasteiger partial charge in [0.2, 0.25) is 0 Å². The number of nitrogens with zero attached hydrogens (tertiary/aromatic N) is 1. The largest absolute Gasteiger partial charge is 0.444 e. The molecule has 0 radical (unpaired) electrons. The molecular weight excluding hydrogens is 344 g/mol. The molecule has 1 aromatic carbocycles. The van der Waals surface area contributed by atoms with Crippen LogP contribution in [0.3, 0.4) is 0 Å². The van der Waals surface area contributed by atoms with E-state index in [1.165, 1.54) is 41.2 Å². The molecule has 0 atom stereocenters. The van der Waals surface area contributed by atoms with Crippen LogP contribution in [-0.2, 0) is 17.8 Å². The topological polar surface area (TPSA) is 41.6 Å². The Balaban J connectivity index is 1.54. The Hall–Kier alpha value is -1.85. The van der Waals surface area contributed by atoms with Crippen molar-refractivity contribution in [2.45, 2.75) is 52.3 Å². The first-order chi connectivity index (χ1) is 12.4. The van der Waals surface area contributed by atoms with Gasteiger partial charge in [0, 0.05) is 22.8 Å². The molecule has 2 aromatic rings. The number of hydrogen-bond acceptors (Lipinski definition) is 4. The number of rotatable bonds is 5. The second-order valence-corrected chi connectivity index (χ2v) is 8.97. The molecule has 1 saturated heterocycles. The second-order valence-electron chi connectivity index (χ2n) is 7.80. The third kappa shape index (κ3) is 5.58. The van der Waals surface area contributed by atoms with E-state index in [-0.39, 0.29) is 6.09 Å². The molecule has 5 heteroatoms. The third-order valence-corrected chi connectivity index (χ3v) is 5.43. The SMILES string of the molecule is CC(C)(C)OC(=O)NCc1ccc(-c2ccc(CN3CCCC3)s2)cc1. The zero-order valence-electron chi connectivity index (χ0n) is 15.9. The molecule has 0 spiro atoms. The first-order valence-corrected chi connectivity index (χ1v) is 10.1. The summed E-state index contributed by atoms with van der Waals surface area (Å²) in [5.41, 5.74) is 1.82. The molecule has 1 aliphatic rings. The van der Waals surface area contributed by atoms with Crippen LogP contribution in [-0.4, -0.2) is 29.7 Å². The highest BCUT2D eigenvalue weighted by Gasteiger charge is 2.16. The number of amides is 1. The number of benzene rings is 1. The van der Waals surface area contributed by atoms with Crippen molar-refractivity contribution in [3.05, 3.63) is 46.8 Å². The lowest BCUT2D eigenvalue weighted by atomic mass is 10.1. The van der Waals surface area contributed by atoms with Crippen molar-refractivity contribution in [3.63, 3.8) is 0 Å². The Kier molecular flexibility index (Phi) is 5.99. The Morgan fingerprint density at radius 2 is 1.81 bits per heavy atom. The van der Waals surface area contributed by atoms with Gasteiger partial charge >= 0.3 is 6.09 Å². The number of thiophene rings is 1. The van der Waals surface area contributed by atoms with Gasteiger partial charge in [-0.25, -0.2) is 4.79 Å². The zero-order chi connectivity index (χ0) is 18.6. The van der Waals surface area contributed by atoms with Gasteiger partial charge in [-0.05, 0) is 70.0 Å². The quantitative estimate of drug-likeness (QED) is 0.800. The summed E-state index contributed by atoms with van der Waals surface area (Å²) in [7, 11) is 0. The van der Waals surface area contributed by atoms with Gasteiger partial charge in [0.05, 0.1) is 0 Å². The average molecular weight is 373 g/mol. The van der Waals surface area contributed by atoms with Crippen molar-refractivity contribution >= 4 is 17.4 Å². The number of hydrogen-bond donors (Lipinski definition) is 1. The van der Waals surface area contributed by atoms with Gasteiger partial charge < -0.3 is 10.1 Å². The van der Waals surface area contributed by atoms with Gasteiger partial charge in [-0.2, -0.15) is 0 Å². The maximum atomic E-state index is 11.7. The maximum Gasteiger partial charge on any atom is 0.407 e. The molecule has 1 N–H and O–H groups in total. The predicted molar refractivity (Wildman–Crippen MR) is 107 cm³/mol. The fourth-order valence-corrected chi connectivity index (χ4v) is 4.11. The number of ether oxygens (including phenoxy) is 1. The molecule has 3 rings (SSSR count). The zero-order valence-corrected chi connectivity index (χ0v) is 16.7. The van der Waals surface area contributed by atoms with E-state index < -0.39 is 5.60 Å². The maximum absolute atomic E-state index is 11.7. The van der Waals surface area contributed by atoms with Gasteiger partial charge in [0.25, 0.3) is 0 Å². The van der Waals surface area contributed by atoms with Gasteiger partial charge in [-0.3, -0.25) is 4.90 Å². The number of carbonyl (C=O) groups excluding carboxylic acids is 1. The molecule has 1 amide bonds. The summed E-state index contributed by atoms with van der Waals surface area (Å²) in [6, 6.07) is 12.8. The monoisotopic (exact) mass is 372 g/mol. The molecular formula is C21H28N2O2S. The molecule has 140 valence electrons. The van der Waals surface area contributed by atoms with Crippen LogP contribution in [0.25, 0.3) is 10.4 Å². The minimum absolute atomic E-state index is 0.383. The molecule has 1 aliphatic heterocycles. The van der Waals surface area contributed by atoms with E-state index in [0.717, 1.165) is 12.1 Å². The van der Waals surface area contributed by atoms with Crippen LogP contribution in [0.5, 0.6) is 0 Å². The second kappa shape index (κ2) is 8.23. The lowest BCUT2D eigenvalue weighted by Gasteiger charge is -2.19. The van der Waals surface area contributed by atoms with E-state index in [1.54, 1.807) is 0 Å². The van der Waals surface area contributed by atoms with Crippen LogP contribution >= 0.6 is 11.3 Å². The van der Waals surface area contributed by atoms with Gasteiger partial charge in [0.1, 0.15) is 5.60 Å². The van der Waals surface area contributed by atoms with Gasteiger partial charge in [-0.1, -0.05) is 24.3 Å². The van der Waals surface area contributed by atoms with Crippen molar-refractivity contribution in [3.8, 4) is 10.4 Å². The Morgan fingerprint density at radius 3 is 2.46 bits per heavy atom. The average Bonchev–Trinajstić information content (AvgIpc) is 3.24. The van der Waals surface area contributed by atoms with E-state index in [9.17, 15) is 4.79 Å². The third-order valence-electron chi connectivity index (χ3n) is 4.31. The smallest absolute Gasteiger partial charge is 0.407 e. The molecule has 4 nitrogen and oxygen atoms in total. The molecule has 1 aromatic heterocycles. The van der Waals surface area contributed by atoms with Crippen LogP contribution in [0.4, 0.5) is 4.79 Å². The Labute approximate surface area is 160 Å². The summed E-state index contributed by atoms with van der Waals surface area (Å²) < 4.78 is 5.26. The number of alkyl carbamates (subject to hydrolysis) is 1. The molecule has 0 bridgehead atoms. The Bertz CT molecular complexity index is 725. The fraction of sp³-hybridized carbons (Fsp3) is 0.476. The summed E-state index contributed by atoms with van der Waals surface area (Å²) in [6.07, 6.45) is 2.28. The van der Waals surface area contributed by atoms with Gasteiger partial charge in [0.15, 0.2) is 0 Å². The van der Waals surface area contributed by atoms with Crippen LogP contribution in [0.1, 0.15) is 44.1 Å². The van der Waals surface area contributed by atoms with Crippen molar-refractivity contribution in [1.82, 2.24) is 10.2 Å². The van der Waals surface area contributed by atoms with E-state index in [0.29, 0.717) is 6.54 Å². The first-order valence-electron chi connectivity index (χ1n) is 9.26. The van der Waals surface area contributed by atoms with Crippen molar-refractivity contribution in [2.24, 2.45) is 0 Å². The van der Waals surface area contributed by atoms with E-state index in [4.69, 9.17) is 4.74 Å².